The van der Waals surface area contributed by atoms with Crippen molar-refractivity contribution in [3.63, 3.8) is 0 Å². The number of nitrogens with zero attached hydrogens (tertiary/aromatic N) is 1. The molecule has 48 heavy (non-hydrogen) atoms. The zero-order valence-corrected chi connectivity index (χ0v) is 29.1. The molecule has 5 atom stereocenters. The van der Waals surface area contributed by atoms with Gasteiger partial charge in [-0.15, -0.1) is 0 Å². The van der Waals surface area contributed by atoms with Crippen LogP contribution >= 0.6 is 0 Å². The maximum atomic E-state index is 14.0. The number of allylic oxidation sites excluding steroid dienone is 2. The van der Waals surface area contributed by atoms with Crippen molar-refractivity contribution in [1.29, 1.82) is 0 Å². The summed E-state index contributed by atoms with van der Waals surface area (Å²) < 4.78 is 5.60. The molecule has 0 aliphatic heterocycles. The molecule has 7 heteroatoms. The van der Waals surface area contributed by atoms with Crippen molar-refractivity contribution in [2.24, 2.45) is 28.6 Å². The molecule has 5 saturated carbocycles. The molecule has 1 aromatic carbocycles. The Labute approximate surface area is 286 Å². The van der Waals surface area contributed by atoms with E-state index >= 15 is 0 Å². The maximum Gasteiger partial charge on any atom is 0.228 e. The second-order valence-electron chi connectivity index (χ2n) is 17.2. The molecule has 5 fully saturated rings. The summed E-state index contributed by atoms with van der Waals surface area (Å²) in [6, 6.07) is 9.52. The van der Waals surface area contributed by atoms with Crippen molar-refractivity contribution in [2.75, 3.05) is 26.2 Å². The quantitative estimate of drug-likeness (QED) is 0.182. The number of hydrogen-bond acceptors (Lipinski definition) is 7. The highest BCUT2D eigenvalue weighted by atomic mass is 16.3. The number of ketones is 1. The molecular weight excluding hydrogens is 602 g/mol. The van der Waals surface area contributed by atoms with Crippen LogP contribution in [-0.2, 0) is 6.42 Å². The summed E-state index contributed by atoms with van der Waals surface area (Å²) in [6.07, 6.45) is 15.1. The average Bonchev–Trinajstić information content (AvgIpc) is 3.65. The monoisotopic (exact) mass is 659 g/mol. The number of fused-ring (bicyclic) bond motifs is 8. The fourth-order valence-corrected chi connectivity index (χ4v) is 11.6. The van der Waals surface area contributed by atoms with Crippen molar-refractivity contribution in [3.8, 4) is 0 Å². The molecule has 7 nitrogen and oxygen atoms in total. The van der Waals surface area contributed by atoms with Crippen LogP contribution < -0.4 is 0 Å². The summed E-state index contributed by atoms with van der Waals surface area (Å²) in [7, 11) is 0. The Bertz CT molecular complexity index is 1450. The van der Waals surface area contributed by atoms with Crippen molar-refractivity contribution >= 4 is 5.78 Å². The summed E-state index contributed by atoms with van der Waals surface area (Å²) in [5.41, 5.74) is 2.32. The Morgan fingerprint density at radius 1 is 1.04 bits per heavy atom. The van der Waals surface area contributed by atoms with Gasteiger partial charge in [0.2, 0.25) is 5.78 Å². The van der Waals surface area contributed by atoms with Crippen LogP contribution in [0.15, 0.2) is 52.7 Å². The number of furan rings is 1. The van der Waals surface area contributed by atoms with Crippen molar-refractivity contribution in [2.45, 2.75) is 121 Å². The van der Waals surface area contributed by atoms with Crippen LogP contribution in [0.4, 0.5) is 0 Å². The van der Waals surface area contributed by atoms with Gasteiger partial charge in [-0.2, -0.15) is 0 Å². The van der Waals surface area contributed by atoms with Gasteiger partial charge in [0, 0.05) is 30.6 Å². The van der Waals surface area contributed by atoms with Crippen molar-refractivity contribution in [1.82, 2.24) is 4.90 Å². The van der Waals surface area contributed by atoms with Crippen LogP contribution in [-0.4, -0.2) is 75.2 Å². The molecule has 0 radical (unpaired) electrons. The van der Waals surface area contributed by atoms with Gasteiger partial charge in [0.05, 0.1) is 30.7 Å². The Balaban J connectivity index is 1.25. The largest absolute Gasteiger partial charge is 0.461 e. The van der Waals surface area contributed by atoms with E-state index < -0.39 is 23.2 Å². The minimum Gasteiger partial charge on any atom is -0.461 e. The van der Waals surface area contributed by atoms with Gasteiger partial charge in [-0.05, 0) is 149 Å². The van der Waals surface area contributed by atoms with E-state index in [9.17, 15) is 25.2 Å². The third-order valence-corrected chi connectivity index (χ3v) is 13.6. The number of carbonyl (C=O) groups is 1. The second kappa shape index (κ2) is 13.4. The molecule has 262 valence electrons. The van der Waals surface area contributed by atoms with Crippen LogP contribution in [0.3, 0.4) is 0 Å². The molecule has 0 amide bonds. The summed E-state index contributed by atoms with van der Waals surface area (Å²) >= 11 is 0. The van der Waals surface area contributed by atoms with Gasteiger partial charge in [0.1, 0.15) is 0 Å². The second-order valence-corrected chi connectivity index (χ2v) is 17.2. The summed E-state index contributed by atoms with van der Waals surface area (Å²) in [5.74, 6) is 2.48. The zero-order chi connectivity index (χ0) is 33.7. The van der Waals surface area contributed by atoms with Gasteiger partial charge < -0.3 is 24.8 Å². The van der Waals surface area contributed by atoms with Crippen LogP contribution in [0, 0.1) is 28.6 Å². The van der Waals surface area contributed by atoms with Gasteiger partial charge >= 0.3 is 0 Å². The lowest BCUT2D eigenvalue weighted by atomic mass is 9.49. The van der Waals surface area contributed by atoms with E-state index in [2.05, 4.69) is 37.0 Å². The first-order valence-corrected chi connectivity index (χ1v) is 18.8. The number of aliphatic hydroxyl groups is 4. The third kappa shape index (κ3) is 6.62. The average molecular weight is 660 g/mol. The lowest BCUT2D eigenvalue weighted by Crippen LogP contribution is -2.57. The van der Waals surface area contributed by atoms with E-state index in [4.69, 9.17) is 4.42 Å². The SMILES string of the molecule is CC1=CCC[C@@]2(C)[C@@H](CC[C@@]2(O)CN(C[C@H](O)CO)CC23CC4CC(CC(C4)C2)C3)c2ccc(cc2C(=O)c2ccco2)C[C@@H](O)CC1. The molecule has 9 rings (SSSR count). The number of carbonyl (C=O) groups excluding carboxylic acids is 1. The van der Waals surface area contributed by atoms with Crippen LogP contribution in [0.1, 0.15) is 124 Å². The van der Waals surface area contributed by atoms with Gasteiger partial charge in [-0.1, -0.05) is 30.7 Å². The summed E-state index contributed by atoms with van der Waals surface area (Å²) in [5, 5.41) is 44.7. The Hall–Kier alpha value is -2.29. The fourth-order valence-electron chi connectivity index (χ4n) is 11.6. The van der Waals surface area contributed by atoms with E-state index in [0.717, 1.165) is 61.1 Å². The molecule has 1 aromatic heterocycles. The third-order valence-electron chi connectivity index (χ3n) is 13.6. The van der Waals surface area contributed by atoms with Gasteiger partial charge in [-0.25, -0.2) is 0 Å². The molecule has 0 saturated heterocycles. The highest BCUT2D eigenvalue weighted by Gasteiger charge is 2.58. The Morgan fingerprint density at radius 3 is 2.44 bits per heavy atom. The molecule has 7 aliphatic rings. The molecule has 1 heterocycles. The first-order valence-electron chi connectivity index (χ1n) is 18.8. The molecule has 0 spiro atoms. The van der Waals surface area contributed by atoms with E-state index in [1.165, 1.54) is 50.4 Å². The van der Waals surface area contributed by atoms with E-state index in [0.29, 0.717) is 43.7 Å². The number of rotatable bonds is 9. The normalized spacial score (nSPS) is 37.0. The lowest BCUT2D eigenvalue weighted by Gasteiger charge is -2.58. The van der Waals surface area contributed by atoms with E-state index in [-0.39, 0.29) is 23.7 Å². The van der Waals surface area contributed by atoms with Crippen LogP contribution in [0.5, 0.6) is 0 Å². The molecule has 6 bridgehead atoms. The zero-order valence-electron chi connectivity index (χ0n) is 29.1. The maximum absolute atomic E-state index is 14.0. The molecule has 0 unspecified atom stereocenters. The minimum absolute atomic E-state index is 0.0730. The Kier molecular flexibility index (Phi) is 9.57. The molecule has 7 aliphatic carbocycles. The summed E-state index contributed by atoms with van der Waals surface area (Å²) in [4.78, 5) is 16.3. The van der Waals surface area contributed by atoms with Crippen LogP contribution in [0.2, 0.25) is 0 Å². The fraction of sp³-hybridized carbons (Fsp3) is 0.683. The molecule has 4 N–H and O–H groups in total. The first-order chi connectivity index (χ1) is 23.0. The molecular formula is C41H57NO6. The number of benzene rings is 1. The van der Waals surface area contributed by atoms with E-state index in [1.807, 2.05) is 6.07 Å². The smallest absolute Gasteiger partial charge is 0.228 e. The topological polar surface area (TPSA) is 114 Å². The first kappa shape index (κ1) is 34.2. The van der Waals surface area contributed by atoms with Gasteiger partial charge in [-0.3, -0.25) is 9.69 Å². The van der Waals surface area contributed by atoms with Crippen LogP contribution in [0.25, 0.3) is 0 Å². The standard InChI is InChI=1S/C41H57NO6/c1-27-5-3-12-39(2)36(34-10-8-28(18-32(44)9-7-27)19-35(34)38(46)37-6-4-14-48-37)11-13-41(39,47)26-42(23-33(45)24-43)25-40-20-29-15-30(21-40)17-31(16-29)22-40/h4-6,8,10,14,19,29-33,36,43-45,47H,3,7,9,11-13,15-18,20-26H2,1-2H3/t29?,30?,31?,32-,33-,36-,39-,40?,41+/m0/s1. The summed E-state index contributed by atoms with van der Waals surface area (Å²) in [6.45, 7) is 5.71. The lowest BCUT2D eigenvalue weighted by molar-refractivity contribution is -0.114. The minimum atomic E-state index is -1.06. The number of aliphatic hydroxyl groups excluding tert-OH is 3. The highest BCUT2D eigenvalue weighted by molar-refractivity contribution is 6.08. The van der Waals surface area contributed by atoms with E-state index in [1.54, 1.807) is 12.1 Å². The molecule has 2 aromatic rings. The predicted molar refractivity (Wildman–Crippen MR) is 186 cm³/mol. The number of hydrogen-bond donors (Lipinski definition) is 4. The Morgan fingerprint density at radius 2 is 1.77 bits per heavy atom. The van der Waals surface area contributed by atoms with Gasteiger partial charge in [0.25, 0.3) is 0 Å². The van der Waals surface area contributed by atoms with Gasteiger partial charge in [0.15, 0.2) is 5.76 Å². The van der Waals surface area contributed by atoms with Crippen molar-refractivity contribution in [3.05, 3.63) is 70.7 Å². The van der Waals surface area contributed by atoms with Crippen molar-refractivity contribution < 1.29 is 29.6 Å². The highest BCUT2D eigenvalue weighted by Crippen LogP contribution is 2.62. The predicted octanol–water partition coefficient (Wildman–Crippen LogP) is 6.42.